The van der Waals surface area contributed by atoms with Crippen LogP contribution in [0.3, 0.4) is 0 Å². The predicted molar refractivity (Wildman–Crippen MR) is 94.9 cm³/mol. The number of hydrogen-bond acceptors (Lipinski definition) is 4. The Morgan fingerprint density at radius 3 is 2.65 bits per heavy atom. The third-order valence-electron chi connectivity index (χ3n) is 4.09. The highest BCUT2D eigenvalue weighted by Crippen LogP contribution is 2.29. The molecule has 6 nitrogen and oxygen atoms in total. The zero-order chi connectivity index (χ0) is 15.3. The van der Waals surface area contributed by atoms with Crippen LogP contribution in [-0.4, -0.2) is 35.2 Å². The second-order valence-corrected chi connectivity index (χ2v) is 6.17. The van der Waals surface area contributed by atoms with Gasteiger partial charge < -0.3 is 20.4 Å². The molecule has 0 atom stereocenters. The molecule has 23 heavy (non-hydrogen) atoms. The summed E-state index contributed by atoms with van der Waals surface area (Å²) in [5.74, 6) is 1.45. The lowest BCUT2D eigenvalue weighted by atomic mass is 9.79. The van der Waals surface area contributed by atoms with E-state index in [2.05, 4.69) is 28.7 Å². The van der Waals surface area contributed by atoms with Gasteiger partial charge >= 0.3 is 0 Å². The van der Waals surface area contributed by atoms with Crippen molar-refractivity contribution < 1.29 is 9.53 Å². The molecule has 1 saturated heterocycles. The van der Waals surface area contributed by atoms with Gasteiger partial charge in [-0.25, -0.2) is 4.98 Å². The number of carbonyl (C=O) groups is 1. The van der Waals surface area contributed by atoms with Crippen LogP contribution < -0.4 is 11.1 Å². The number of amides is 1. The van der Waals surface area contributed by atoms with E-state index >= 15 is 0 Å². The Hall–Kier alpha value is -0.820. The first kappa shape index (κ1) is 22.2. The third kappa shape index (κ3) is 5.64. The molecule has 0 radical (unpaired) electrons. The average molecular weight is 367 g/mol. The second-order valence-electron chi connectivity index (χ2n) is 6.17. The molecule has 1 amide bonds. The number of carbonyl (C=O) groups excluding carboxylic acids is 1. The number of rotatable bonds is 6. The standard InChI is InChI=1S/C15H26N4O2.2ClH/c1-12(2)10-19-6-5-17-13(19)9-18-14(20)15(11-16)3-7-21-8-4-15;;/h5-6,12H,3-4,7-11,16H2,1-2H3,(H,18,20);2*1H. The van der Waals surface area contributed by atoms with Crippen LogP contribution in [0.2, 0.25) is 0 Å². The molecule has 0 spiro atoms. The summed E-state index contributed by atoms with van der Waals surface area (Å²) in [6, 6.07) is 0. The first-order valence-corrected chi connectivity index (χ1v) is 7.63. The molecule has 1 aliphatic rings. The second kappa shape index (κ2) is 10.1. The van der Waals surface area contributed by atoms with Crippen molar-refractivity contribution in [1.82, 2.24) is 14.9 Å². The molecular formula is C15H28Cl2N4O2. The Kier molecular flexibility index (Phi) is 9.77. The maximum Gasteiger partial charge on any atom is 0.228 e. The van der Waals surface area contributed by atoms with Crippen molar-refractivity contribution in [2.75, 3.05) is 19.8 Å². The van der Waals surface area contributed by atoms with Crippen LogP contribution in [0.1, 0.15) is 32.5 Å². The Morgan fingerprint density at radius 2 is 2.09 bits per heavy atom. The van der Waals surface area contributed by atoms with Crippen LogP contribution in [0.4, 0.5) is 0 Å². The summed E-state index contributed by atoms with van der Waals surface area (Å²) in [6.07, 6.45) is 5.11. The third-order valence-corrected chi connectivity index (χ3v) is 4.09. The quantitative estimate of drug-likeness (QED) is 0.803. The normalized spacial score (nSPS) is 16.3. The Bertz CT molecular complexity index is 474. The molecule has 1 aliphatic heterocycles. The first-order valence-electron chi connectivity index (χ1n) is 7.63. The molecule has 8 heteroatoms. The number of hydrogen-bond donors (Lipinski definition) is 2. The SMILES string of the molecule is CC(C)Cn1ccnc1CNC(=O)C1(CN)CCOCC1.Cl.Cl. The highest BCUT2D eigenvalue weighted by Gasteiger charge is 2.38. The van der Waals surface area contributed by atoms with Crippen LogP contribution in [0.15, 0.2) is 12.4 Å². The fourth-order valence-corrected chi connectivity index (χ4v) is 2.70. The molecule has 2 rings (SSSR count). The summed E-state index contributed by atoms with van der Waals surface area (Å²) in [6.45, 7) is 7.24. The molecule has 0 bridgehead atoms. The average Bonchev–Trinajstić information content (AvgIpc) is 2.91. The molecule has 0 unspecified atom stereocenters. The van der Waals surface area contributed by atoms with Gasteiger partial charge in [-0.2, -0.15) is 0 Å². The van der Waals surface area contributed by atoms with E-state index in [1.165, 1.54) is 0 Å². The highest BCUT2D eigenvalue weighted by molar-refractivity contribution is 5.85. The topological polar surface area (TPSA) is 82.2 Å². The van der Waals surface area contributed by atoms with E-state index in [0.717, 1.165) is 12.4 Å². The first-order chi connectivity index (χ1) is 10.1. The van der Waals surface area contributed by atoms with Gasteiger partial charge in [0.05, 0.1) is 12.0 Å². The molecule has 1 aromatic rings. The Morgan fingerprint density at radius 1 is 1.43 bits per heavy atom. The van der Waals surface area contributed by atoms with Crippen LogP contribution in [-0.2, 0) is 22.6 Å². The van der Waals surface area contributed by atoms with E-state index in [1.807, 2.05) is 6.20 Å². The van der Waals surface area contributed by atoms with E-state index in [1.54, 1.807) is 6.20 Å². The number of halogens is 2. The zero-order valence-corrected chi connectivity index (χ0v) is 15.4. The highest BCUT2D eigenvalue weighted by atomic mass is 35.5. The van der Waals surface area contributed by atoms with Crippen molar-refractivity contribution in [1.29, 1.82) is 0 Å². The molecule has 0 aliphatic carbocycles. The number of nitrogens with two attached hydrogens (primary N) is 1. The summed E-state index contributed by atoms with van der Waals surface area (Å²) >= 11 is 0. The molecule has 1 fully saturated rings. The van der Waals surface area contributed by atoms with Crippen LogP contribution in [0.5, 0.6) is 0 Å². The molecule has 3 N–H and O–H groups in total. The van der Waals surface area contributed by atoms with Crippen molar-refractivity contribution >= 4 is 30.7 Å². The fraction of sp³-hybridized carbons (Fsp3) is 0.733. The van der Waals surface area contributed by atoms with E-state index in [4.69, 9.17) is 10.5 Å². The Balaban J connectivity index is 0.00000242. The minimum atomic E-state index is -0.478. The van der Waals surface area contributed by atoms with E-state index in [9.17, 15) is 4.79 Å². The molecule has 0 aromatic carbocycles. The monoisotopic (exact) mass is 366 g/mol. The zero-order valence-electron chi connectivity index (χ0n) is 13.8. The van der Waals surface area contributed by atoms with E-state index in [-0.39, 0.29) is 30.7 Å². The summed E-state index contributed by atoms with van der Waals surface area (Å²) in [5.41, 5.74) is 5.37. The maximum absolute atomic E-state index is 12.5. The number of nitrogens with zero attached hydrogens (tertiary/aromatic N) is 2. The Labute approximate surface area is 150 Å². The summed E-state index contributed by atoms with van der Waals surface area (Å²) in [7, 11) is 0. The van der Waals surface area contributed by atoms with Gasteiger partial charge in [-0.15, -0.1) is 24.8 Å². The maximum atomic E-state index is 12.5. The summed E-state index contributed by atoms with van der Waals surface area (Å²) in [4.78, 5) is 16.8. The summed E-state index contributed by atoms with van der Waals surface area (Å²) in [5, 5.41) is 3.00. The molecule has 1 aromatic heterocycles. The van der Waals surface area contributed by atoms with Gasteiger partial charge in [0.25, 0.3) is 0 Å². The van der Waals surface area contributed by atoms with Crippen molar-refractivity contribution in [2.45, 2.75) is 39.8 Å². The van der Waals surface area contributed by atoms with Gasteiger partial charge in [0.2, 0.25) is 5.91 Å². The number of aromatic nitrogens is 2. The van der Waals surface area contributed by atoms with E-state index in [0.29, 0.717) is 45.1 Å². The molecule has 0 saturated carbocycles. The minimum absolute atomic E-state index is 0. The number of ether oxygens (including phenoxy) is 1. The predicted octanol–water partition coefficient (Wildman–Crippen LogP) is 1.75. The van der Waals surface area contributed by atoms with Crippen molar-refractivity contribution in [2.24, 2.45) is 17.1 Å². The van der Waals surface area contributed by atoms with Crippen LogP contribution in [0.25, 0.3) is 0 Å². The lowest BCUT2D eigenvalue weighted by Gasteiger charge is -2.34. The van der Waals surface area contributed by atoms with Gasteiger partial charge in [0.1, 0.15) is 5.82 Å². The molecule has 2 heterocycles. The fourth-order valence-electron chi connectivity index (χ4n) is 2.70. The van der Waals surface area contributed by atoms with Gasteiger partial charge in [-0.05, 0) is 18.8 Å². The lowest BCUT2D eigenvalue weighted by Crippen LogP contribution is -2.49. The van der Waals surface area contributed by atoms with Gasteiger partial charge in [-0.3, -0.25) is 4.79 Å². The van der Waals surface area contributed by atoms with Gasteiger partial charge in [0.15, 0.2) is 0 Å². The number of imidazole rings is 1. The number of nitrogens with one attached hydrogen (secondary N) is 1. The largest absolute Gasteiger partial charge is 0.381 e. The lowest BCUT2D eigenvalue weighted by molar-refractivity contribution is -0.136. The molecular weight excluding hydrogens is 339 g/mol. The minimum Gasteiger partial charge on any atom is -0.381 e. The van der Waals surface area contributed by atoms with E-state index < -0.39 is 5.41 Å². The smallest absolute Gasteiger partial charge is 0.228 e. The van der Waals surface area contributed by atoms with Crippen molar-refractivity contribution in [3.8, 4) is 0 Å². The van der Waals surface area contributed by atoms with Gasteiger partial charge in [-0.1, -0.05) is 13.8 Å². The molecule has 134 valence electrons. The van der Waals surface area contributed by atoms with Crippen LogP contribution in [0, 0.1) is 11.3 Å². The van der Waals surface area contributed by atoms with Gasteiger partial charge in [0, 0.05) is 38.7 Å². The van der Waals surface area contributed by atoms with Crippen molar-refractivity contribution in [3.63, 3.8) is 0 Å². The van der Waals surface area contributed by atoms with Crippen molar-refractivity contribution in [3.05, 3.63) is 18.2 Å². The summed E-state index contributed by atoms with van der Waals surface area (Å²) < 4.78 is 7.43. The van der Waals surface area contributed by atoms with Crippen LogP contribution >= 0.6 is 24.8 Å².